The van der Waals surface area contributed by atoms with Gasteiger partial charge in [-0.05, 0) is 26.0 Å². The van der Waals surface area contributed by atoms with E-state index in [1.807, 2.05) is 13.8 Å². The van der Waals surface area contributed by atoms with Crippen LogP contribution < -0.4 is 5.73 Å². The maximum atomic E-state index is 11.0. The molecule has 0 saturated heterocycles. The van der Waals surface area contributed by atoms with Crippen molar-refractivity contribution >= 4 is 12.1 Å². The molecule has 2 heterocycles. The first kappa shape index (κ1) is 10.5. The number of nitrogens with two attached hydrogens (primary N) is 1. The van der Waals surface area contributed by atoms with Gasteiger partial charge in [0.25, 0.3) is 0 Å². The van der Waals surface area contributed by atoms with Gasteiger partial charge in [-0.1, -0.05) is 0 Å². The smallest absolute Gasteiger partial charge is 0.156 e. The Hall–Kier alpha value is -2.04. The number of nitrogens with zero attached hydrogens (tertiary/aromatic N) is 2. The highest BCUT2D eigenvalue weighted by Gasteiger charge is 2.19. The fourth-order valence-corrected chi connectivity index (χ4v) is 1.57. The molecule has 0 aromatic carbocycles. The maximum absolute atomic E-state index is 11.0. The molecular formula is C11H13N3O2. The Bertz CT molecular complexity index is 498. The van der Waals surface area contributed by atoms with E-state index in [-0.39, 0.29) is 6.04 Å². The van der Waals surface area contributed by atoms with Gasteiger partial charge < -0.3 is 10.2 Å². The largest absolute Gasteiger partial charge is 0.463 e. The molecule has 16 heavy (non-hydrogen) atoms. The second-order valence-electron chi connectivity index (χ2n) is 3.78. The number of anilines is 1. The Morgan fingerprint density at radius 1 is 1.56 bits per heavy atom. The van der Waals surface area contributed by atoms with Gasteiger partial charge in [0, 0.05) is 6.04 Å². The molecular weight excluding hydrogens is 206 g/mol. The molecule has 0 aliphatic heterocycles. The zero-order valence-electron chi connectivity index (χ0n) is 9.18. The Morgan fingerprint density at radius 2 is 2.31 bits per heavy atom. The lowest BCUT2D eigenvalue weighted by atomic mass is 10.2. The van der Waals surface area contributed by atoms with E-state index in [1.165, 1.54) is 6.26 Å². The molecule has 0 aliphatic carbocycles. The Balaban J connectivity index is 2.62. The van der Waals surface area contributed by atoms with E-state index in [2.05, 4.69) is 5.10 Å². The average molecular weight is 219 g/mol. The second-order valence-corrected chi connectivity index (χ2v) is 3.78. The van der Waals surface area contributed by atoms with Crippen molar-refractivity contribution in [2.45, 2.75) is 19.9 Å². The molecule has 2 N–H and O–H groups in total. The first-order valence-corrected chi connectivity index (χ1v) is 5.02. The topological polar surface area (TPSA) is 74.0 Å². The number of aromatic nitrogens is 2. The summed E-state index contributed by atoms with van der Waals surface area (Å²) in [6, 6.07) is 3.59. The van der Waals surface area contributed by atoms with E-state index in [1.54, 1.807) is 16.8 Å². The summed E-state index contributed by atoms with van der Waals surface area (Å²) in [7, 11) is 0. The van der Waals surface area contributed by atoms with Gasteiger partial charge in [-0.3, -0.25) is 4.79 Å². The summed E-state index contributed by atoms with van der Waals surface area (Å²) in [6.45, 7) is 3.90. The predicted octanol–water partition coefficient (Wildman–Crippen LogP) is 2.12. The number of carbonyl (C=O) groups excluding carboxylic acids is 1. The lowest BCUT2D eigenvalue weighted by Crippen LogP contribution is -2.07. The fourth-order valence-electron chi connectivity index (χ4n) is 1.57. The first-order chi connectivity index (χ1) is 7.65. The van der Waals surface area contributed by atoms with Crippen LogP contribution in [-0.2, 0) is 0 Å². The van der Waals surface area contributed by atoms with E-state index < -0.39 is 0 Å². The molecule has 0 bridgehead atoms. The lowest BCUT2D eigenvalue weighted by molar-refractivity contribution is 0.112. The van der Waals surface area contributed by atoms with E-state index in [9.17, 15) is 4.79 Å². The van der Waals surface area contributed by atoms with Crippen molar-refractivity contribution in [2.75, 3.05) is 5.73 Å². The first-order valence-electron chi connectivity index (χ1n) is 5.02. The van der Waals surface area contributed by atoms with E-state index in [0.29, 0.717) is 29.1 Å². The van der Waals surface area contributed by atoms with Crippen molar-refractivity contribution in [1.29, 1.82) is 0 Å². The van der Waals surface area contributed by atoms with Crippen LogP contribution in [-0.4, -0.2) is 16.1 Å². The standard InChI is InChI=1S/C11H13N3O2/c1-7(2)14-11(12)8(6-15)10(13-14)9-4-3-5-16-9/h3-7H,12H2,1-2H3. The molecule has 0 fully saturated rings. The van der Waals surface area contributed by atoms with Crippen LogP contribution in [0.15, 0.2) is 22.8 Å². The molecule has 0 atom stereocenters. The zero-order chi connectivity index (χ0) is 11.7. The average Bonchev–Trinajstić information content (AvgIpc) is 2.83. The third-order valence-corrected chi connectivity index (χ3v) is 2.35. The van der Waals surface area contributed by atoms with Gasteiger partial charge in [-0.15, -0.1) is 0 Å². The molecule has 0 unspecified atom stereocenters. The van der Waals surface area contributed by atoms with E-state index in [4.69, 9.17) is 10.2 Å². The molecule has 2 aromatic rings. The molecule has 5 heteroatoms. The third kappa shape index (κ3) is 1.50. The summed E-state index contributed by atoms with van der Waals surface area (Å²) < 4.78 is 6.83. The van der Waals surface area contributed by atoms with Crippen molar-refractivity contribution in [2.24, 2.45) is 0 Å². The second kappa shape index (κ2) is 3.84. The third-order valence-electron chi connectivity index (χ3n) is 2.35. The normalized spacial score (nSPS) is 10.9. The molecule has 2 rings (SSSR count). The summed E-state index contributed by atoms with van der Waals surface area (Å²) in [4.78, 5) is 11.0. The minimum Gasteiger partial charge on any atom is -0.463 e. The molecule has 0 amide bonds. The number of nitrogen functional groups attached to an aromatic ring is 1. The van der Waals surface area contributed by atoms with Crippen LogP contribution >= 0.6 is 0 Å². The van der Waals surface area contributed by atoms with Gasteiger partial charge in [-0.2, -0.15) is 5.10 Å². The SMILES string of the molecule is CC(C)n1nc(-c2ccco2)c(C=O)c1N. The quantitative estimate of drug-likeness (QED) is 0.802. The van der Waals surface area contributed by atoms with Gasteiger partial charge in [0.1, 0.15) is 11.5 Å². The van der Waals surface area contributed by atoms with Crippen LogP contribution in [0.25, 0.3) is 11.5 Å². The number of furan rings is 1. The van der Waals surface area contributed by atoms with Crippen LogP contribution in [0.1, 0.15) is 30.2 Å². The van der Waals surface area contributed by atoms with Gasteiger partial charge in [0.2, 0.25) is 0 Å². The molecule has 0 saturated carbocycles. The van der Waals surface area contributed by atoms with Gasteiger partial charge in [0.05, 0.1) is 11.8 Å². The predicted molar refractivity (Wildman–Crippen MR) is 60.1 cm³/mol. The molecule has 84 valence electrons. The summed E-state index contributed by atoms with van der Waals surface area (Å²) in [6.07, 6.45) is 2.24. The van der Waals surface area contributed by atoms with E-state index >= 15 is 0 Å². The minimum absolute atomic E-state index is 0.0995. The fraction of sp³-hybridized carbons (Fsp3) is 0.273. The minimum atomic E-state index is 0.0995. The van der Waals surface area contributed by atoms with Gasteiger partial charge in [0.15, 0.2) is 12.0 Å². The van der Waals surface area contributed by atoms with Crippen molar-refractivity contribution in [3.05, 3.63) is 24.0 Å². The molecule has 0 aliphatic rings. The maximum Gasteiger partial charge on any atom is 0.156 e. The molecule has 0 spiro atoms. The number of carbonyl (C=O) groups is 1. The summed E-state index contributed by atoms with van der Waals surface area (Å²) >= 11 is 0. The highest BCUT2D eigenvalue weighted by molar-refractivity contribution is 5.90. The highest BCUT2D eigenvalue weighted by atomic mass is 16.3. The number of rotatable bonds is 3. The molecule has 0 radical (unpaired) electrons. The van der Waals surface area contributed by atoms with Crippen LogP contribution in [0, 0.1) is 0 Å². The highest BCUT2D eigenvalue weighted by Crippen LogP contribution is 2.27. The monoisotopic (exact) mass is 219 g/mol. The summed E-state index contributed by atoms with van der Waals surface area (Å²) in [5.74, 6) is 0.921. The van der Waals surface area contributed by atoms with Crippen molar-refractivity contribution in [3.8, 4) is 11.5 Å². The number of hydrogen-bond acceptors (Lipinski definition) is 4. The van der Waals surface area contributed by atoms with Crippen LogP contribution in [0.4, 0.5) is 5.82 Å². The van der Waals surface area contributed by atoms with Crippen LogP contribution in [0.2, 0.25) is 0 Å². The van der Waals surface area contributed by atoms with E-state index in [0.717, 1.165) is 0 Å². The van der Waals surface area contributed by atoms with Gasteiger partial charge in [-0.25, -0.2) is 4.68 Å². The van der Waals surface area contributed by atoms with Crippen molar-refractivity contribution in [1.82, 2.24) is 9.78 Å². The number of aldehydes is 1. The van der Waals surface area contributed by atoms with Gasteiger partial charge >= 0.3 is 0 Å². The molecule has 2 aromatic heterocycles. The van der Waals surface area contributed by atoms with Crippen molar-refractivity contribution in [3.63, 3.8) is 0 Å². The Labute approximate surface area is 92.9 Å². The number of hydrogen-bond donors (Lipinski definition) is 1. The Morgan fingerprint density at radius 3 is 2.81 bits per heavy atom. The van der Waals surface area contributed by atoms with Crippen LogP contribution in [0.3, 0.4) is 0 Å². The summed E-state index contributed by atoms with van der Waals surface area (Å²) in [5.41, 5.74) is 6.72. The Kier molecular flexibility index (Phi) is 2.52. The zero-order valence-corrected chi connectivity index (χ0v) is 9.18. The summed E-state index contributed by atoms with van der Waals surface area (Å²) in [5, 5.41) is 4.29. The van der Waals surface area contributed by atoms with Crippen LogP contribution in [0.5, 0.6) is 0 Å². The molecule has 5 nitrogen and oxygen atoms in total. The lowest BCUT2D eigenvalue weighted by Gasteiger charge is -2.06. The van der Waals surface area contributed by atoms with Crippen molar-refractivity contribution < 1.29 is 9.21 Å².